The molecule has 2 aromatic heterocycles. The molecule has 64 heavy (non-hydrogen) atoms. The van der Waals surface area contributed by atoms with Crippen LogP contribution in [0.2, 0.25) is 15.1 Å². The van der Waals surface area contributed by atoms with Crippen molar-refractivity contribution >= 4 is 46.6 Å². The summed E-state index contributed by atoms with van der Waals surface area (Å²) in [6, 6.07) is 12.5. The Labute approximate surface area is 395 Å². The van der Waals surface area contributed by atoms with Crippen molar-refractivity contribution in [1.82, 2.24) is 25.2 Å². The van der Waals surface area contributed by atoms with Gasteiger partial charge in [0.05, 0.1) is 26.2 Å². The third-order valence-electron chi connectivity index (χ3n) is 12.7. The molecule has 0 saturated heterocycles. The predicted molar refractivity (Wildman–Crippen MR) is 258 cm³/mol. The minimum Gasteiger partial charge on any atom is -0.489 e. The van der Waals surface area contributed by atoms with Crippen molar-refractivity contribution in [2.75, 3.05) is 20.1 Å². The fourth-order valence-electron chi connectivity index (χ4n) is 8.68. The predicted octanol–water partition coefficient (Wildman–Crippen LogP) is 13.5. The molecule has 10 nitrogen and oxygen atoms in total. The Morgan fingerprint density at radius 1 is 0.922 bits per heavy atom. The standard InChI is InChI=1S/C51H68Cl3N5O5/c1-5-6-7-8-9-10-11-12-13-14-15-16-17-18-19-23-46(60)58(4)29-28-55-50(61)44-31-45(59(56-44)35(2)3)37-32-51(62,33-37)40-27-26-38(30-43(40)54)63-34-39-48(57-64-49(39)36-24-25-36)47-41(52)21-20-22-42(47)53/h12-13,20-22,26-27,30-31,35-37,62H,5-11,14-19,23-25,28-29,32-34H2,1-4H3,(H,55,61)/b13-12-. The highest BCUT2D eigenvalue weighted by Crippen LogP contribution is 2.53. The minimum absolute atomic E-state index is 0.00545. The van der Waals surface area contributed by atoms with Crippen LogP contribution in [0.15, 0.2) is 59.1 Å². The average molecular weight is 937 g/mol. The second-order valence-electron chi connectivity index (χ2n) is 18.2. The molecule has 0 aliphatic heterocycles. The maximum absolute atomic E-state index is 13.3. The van der Waals surface area contributed by atoms with Gasteiger partial charge < -0.3 is 24.6 Å². The first-order valence-corrected chi connectivity index (χ1v) is 24.9. The molecule has 2 heterocycles. The summed E-state index contributed by atoms with van der Waals surface area (Å²) in [5.74, 6) is 1.38. The number of allylic oxidation sites excluding steroid dienone is 2. The van der Waals surface area contributed by atoms with Crippen LogP contribution in [0, 0.1) is 0 Å². The number of aromatic nitrogens is 3. The van der Waals surface area contributed by atoms with Crippen molar-refractivity contribution in [1.29, 1.82) is 0 Å². The zero-order chi connectivity index (χ0) is 45.6. The number of ether oxygens (including phenoxy) is 1. The molecule has 13 heteroatoms. The molecule has 0 radical (unpaired) electrons. The summed E-state index contributed by atoms with van der Waals surface area (Å²) in [5, 5.41) is 25.1. The van der Waals surface area contributed by atoms with Gasteiger partial charge in [-0.15, -0.1) is 0 Å². The number of nitrogens with zero attached hydrogens (tertiary/aromatic N) is 4. The quantitative estimate of drug-likeness (QED) is 0.0451. The van der Waals surface area contributed by atoms with E-state index in [0.717, 1.165) is 55.5 Å². The largest absolute Gasteiger partial charge is 0.489 e. The first-order chi connectivity index (χ1) is 30.9. The molecule has 2 amide bonds. The van der Waals surface area contributed by atoms with Crippen LogP contribution < -0.4 is 10.1 Å². The molecule has 6 rings (SSSR count). The van der Waals surface area contributed by atoms with Crippen LogP contribution in [0.25, 0.3) is 11.3 Å². The smallest absolute Gasteiger partial charge is 0.271 e. The van der Waals surface area contributed by atoms with Gasteiger partial charge in [0.1, 0.15) is 29.5 Å². The molecule has 4 aromatic rings. The lowest BCUT2D eigenvalue weighted by molar-refractivity contribution is -0.129. The number of halogens is 3. The van der Waals surface area contributed by atoms with Crippen molar-refractivity contribution in [2.45, 2.75) is 166 Å². The van der Waals surface area contributed by atoms with Crippen LogP contribution >= 0.6 is 34.8 Å². The van der Waals surface area contributed by atoms with E-state index >= 15 is 0 Å². The van der Waals surface area contributed by atoms with Gasteiger partial charge in [0.2, 0.25) is 5.91 Å². The number of unbranched alkanes of at least 4 members (excludes halogenated alkanes) is 11. The Morgan fingerprint density at radius 2 is 1.58 bits per heavy atom. The van der Waals surface area contributed by atoms with E-state index in [1.54, 1.807) is 36.2 Å². The highest BCUT2D eigenvalue weighted by molar-refractivity contribution is 6.39. The number of carbonyl (C=O) groups is 2. The summed E-state index contributed by atoms with van der Waals surface area (Å²) in [6.07, 6.45) is 24.0. The number of likely N-dealkylation sites (N-methyl/N-ethyl adjacent to an activating group) is 1. The normalized spacial score (nSPS) is 17.3. The summed E-state index contributed by atoms with van der Waals surface area (Å²) in [4.78, 5) is 27.7. The molecule has 2 aromatic carbocycles. The van der Waals surface area contributed by atoms with Gasteiger partial charge in [-0.3, -0.25) is 14.3 Å². The van der Waals surface area contributed by atoms with E-state index in [2.05, 4.69) is 34.6 Å². The van der Waals surface area contributed by atoms with Gasteiger partial charge in [-0.2, -0.15) is 5.10 Å². The molecule has 0 spiro atoms. The van der Waals surface area contributed by atoms with Crippen LogP contribution in [-0.4, -0.2) is 56.9 Å². The molecule has 2 N–H and O–H groups in total. The Hall–Kier alpha value is -3.83. The highest BCUT2D eigenvalue weighted by Gasteiger charge is 2.47. The van der Waals surface area contributed by atoms with Gasteiger partial charge in [0, 0.05) is 61.3 Å². The highest BCUT2D eigenvalue weighted by atomic mass is 35.5. The summed E-state index contributed by atoms with van der Waals surface area (Å²) < 4.78 is 13.9. The van der Waals surface area contributed by atoms with Crippen molar-refractivity contribution in [3.63, 3.8) is 0 Å². The number of nitrogens with one attached hydrogen (secondary N) is 1. The first-order valence-electron chi connectivity index (χ1n) is 23.7. The van der Waals surface area contributed by atoms with Gasteiger partial charge in [-0.1, -0.05) is 123 Å². The van der Waals surface area contributed by atoms with Crippen molar-refractivity contribution in [3.8, 4) is 17.0 Å². The van der Waals surface area contributed by atoms with Gasteiger partial charge in [0.15, 0.2) is 0 Å². The molecule has 0 bridgehead atoms. The SMILES string of the molecule is CCCCCCCC/C=C\CCCCCCCC(=O)N(C)CCNC(=O)c1cc(C2CC(O)(c3ccc(OCc4c(-c5c(Cl)cccc5Cl)noc4C4CC4)cc3Cl)C2)n(C(C)C)n1. The second-order valence-corrected chi connectivity index (χ2v) is 19.4. The minimum atomic E-state index is -1.16. The molecule has 2 aliphatic carbocycles. The zero-order valence-electron chi connectivity index (χ0n) is 38.3. The van der Waals surface area contributed by atoms with Gasteiger partial charge in [-0.25, -0.2) is 0 Å². The van der Waals surface area contributed by atoms with Crippen LogP contribution in [0.1, 0.15) is 187 Å². The summed E-state index contributed by atoms with van der Waals surface area (Å²) in [5.41, 5.74) is 2.65. The number of hydrogen-bond donors (Lipinski definition) is 2. The third kappa shape index (κ3) is 13.4. The van der Waals surface area contributed by atoms with E-state index in [4.69, 9.17) is 44.1 Å². The van der Waals surface area contributed by atoms with E-state index in [0.29, 0.717) is 75.7 Å². The van der Waals surface area contributed by atoms with Crippen LogP contribution in [0.3, 0.4) is 0 Å². The van der Waals surface area contributed by atoms with Gasteiger partial charge in [0.25, 0.3) is 5.91 Å². The molecule has 348 valence electrons. The Bertz CT molecular complexity index is 2150. The van der Waals surface area contributed by atoms with Crippen molar-refractivity contribution < 1.29 is 24.0 Å². The van der Waals surface area contributed by atoms with Gasteiger partial charge >= 0.3 is 0 Å². The van der Waals surface area contributed by atoms with Gasteiger partial charge in [-0.05, 0) is 102 Å². The molecular formula is C51H68Cl3N5O5. The van der Waals surface area contributed by atoms with E-state index in [9.17, 15) is 14.7 Å². The molecule has 0 atom stereocenters. The number of hydrogen-bond acceptors (Lipinski definition) is 7. The topological polar surface area (TPSA) is 123 Å². The van der Waals surface area contributed by atoms with Crippen molar-refractivity contribution in [2.24, 2.45) is 0 Å². The summed E-state index contributed by atoms with van der Waals surface area (Å²) in [6.45, 7) is 7.23. The lowest BCUT2D eigenvalue weighted by Crippen LogP contribution is -2.41. The number of amides is 2. The maximum atomic E-state index is 13.3. The molecular weight excluding hydrogens is 869 g/mol. The molecule has 2 aliphatic rings. The first kappa shape index (κ1) is 49.6. The lowest BCUT2D eigenvalue weighted by Gasteiger charge is -2.44. The zero-order valence-corrected chi connectivity index (χ0v) is 40.5. The van der Waals surface area contributed by atoms with E-state index < -0.39 is 5.60 Å². The molecule has 2 fully saturated rings. The van der Waals surface area contributed by atoms with Crippen LogP contribution in [0.5, 0.6) is 5.75 Å². The second kappa shape index (κ2) is 24.1. The third-order valence-corrected chi connectivity index (χ3v) is 13.6. The van der Waals surface area contributed by atoms with E-state index in [-0.39, 0.29) is 36.3 Å². The molecule has 2 saturated carbocycles. The monoisotopic (exact) mass is 935 g/mol. The van der Waals surface area contributed by atoms with Crippen LogP contribution in [0.4, 0.5) is 0 Å². The fraction of sp³-hybridized carbons (Fsp3) is 0.569. The Balaban J connectivity index is 0.921. The molecule has 0 unspecified atom stereocenters. The van der Waals surface area contributed by atoms with Crippen molar-refractivity contribution in [3.05, 3.63) is 98.0 Å². The summed E-state index contributed by atoms with van der Waals surface area (Å²) >= 11 is 19.9. The number of aliphatic hydroxyl groups is 1. The fourth-order valence-corrected chi connectivity index (χ4v) is 9.60. The number of rotatable bonds is 27. The number of benzene rings is 2. The van der Waals surface area contributed by atoms with E-state index in [1.807, 2.05) is 36.7 Å². The lowest BCUT2D eigenvalue weighted by atomic mass is 9.66. The Morgan fingerprint density at radius 3 is 2.22 bits per heavy atom. The maximum Gasteiger partial charge on any atom is 0.271 e. The Kier molecular flexibility index (Phi) is 18.7. The number of carbonyl (C=O) groups excluding carboxylic acids is 2. The average Bonchev–Trinajstić information content (AvgIpc) is 3.86. The van der Waals surface area contributed by atoms with E-state index in [1.165, 1.54) is 57.8 Å². The van der Waals surface area contributed by atoms with Crippen LogP contribution in [-0.2, 0) is 17.0 Å². The summed E-state index contributed by atoms with van der Waals surface area (Å²) in [7, 11) is 1.79.